The zero-order valence-corrected chi connectivity index (χ0v) is 10.3. The van der Waals surface area contributed by atoms with Crippen molar-refractivity contribution in [3.63, 3.8) is 0 Å². The third-order valence-corrected chi connectivity index (χ3v) is 5.16. The summed E-state index contributed by atoms with van der Waals surface area (Å²) in [7, 11) is -6.00. The van der Waals surface area contributed by atoms with Gasteiger partial charge in [0.05, 0.1) is 22.7 Å². The Balaban J connectivity index is 0.000000292. The summed E-state index contributed by atoms with van der Waals surface area (Å²) >= 11 is 5.63. The first-order valence-corrected chi connectivity index (χ1v) is 6.41. The van der Waals surface area contributed by atoms with Crippen molar-refractivity contribution in [1.29, 1.82) is 0 Å². The van der Waals surface area contributed by atoms with E-state index in [0.717, 1.165) is 0 Å². The van der Waals surface area contributed by atoms with Gasteiger partial charge in [0.2, 0.25) is 0 Å². The second kappa shape index (κ2) is 5.92. The first kappa shape index (κ1) is 14.2. The maximum Gasteiger partial charge on any atom is 0.673 e. The highest BCUT2D eigenvalue weighted by atomic mass is 32.2. The lowest BCUT2D eigenvalue weighted by molar-refractivity contribution is 0.368. The van der Waals surface area contributed by atoms with Gasteiger partial charge in [-0.1, -0.05) is 11.8 Å². The van der Waals surface area contributed by atoms with Crippen LogP contribution in [0.25, 0.3) is 0 Å². The number of halogens is 4. The average molecular weight is 264 g/mol. The lowest BCUT2D eigenvalue weighted by Gasteiger charge is -1.94. The largest absolute Gasteiger partial charge is 0.673 e. The zero-order chi connectivity index (χ0) is 11.4. The second-order valence-corrected chi connectivity index (χ2v) is 6.31. The topological polar surface area (TPSA) is 0 Å². The lowest BCUT2D eigenvalue weighted by Crippen LogP contribution is -2.02. The van der Waals surface area contributed by atoms with Gasteiger partial charge in [0.1, 0.15) is 9.75 Å². The molecule has 1 rings (SSSR count). The Labute approximate surface area is 92.5 Å². The summed E-state index contributed by atoms with van der Waals surface area (Å²) in [6, 6.07) is 0. The summed E-state index contributed by atoms with van der Waals surface area (Å²) in [5.41, 5.74) is 0. The zero-order valence-electron chi connectivity index (χ0n) is 7.81. The Morgan fingerprint density at radius 3 is 1.79 bits per heavy atom. The van der Waals surface area contributed by atoms with Crippen molar-refractivity contribution in [3.05, 3.63) is 9.75 Å². The molecule has 0 aromatic carbocycles. The van der Waals surface area contributed by atoms with Gasteiger partial charge in [0.15, 0.2) is 0 Å². The molecule has 0 saturated carbocycles. The number of aryl methyl sites for hydroxylation is 2. The van der Waals surface area contributed by atoms with Crippen LogP contribution in [0, 0.1) is 13.8 Å². The summed E-state index contributed by atoms with van der Waals surface area (Å²) in [5.74, 6) is 0. The fourth-order valence-electron chi connectivity index (χ4n) is 0.498. The van der Waals surface area contributed by atoms with E-state index in [1.165, 1.54) is 13.3 Å². The molecule has 0 aliphatic heterocycles. The fourth-order valence-corrected chi connectivity index (χ4v) is 3.87. The van der Waals surface area contributed by atoms with E-state index in [4.69, 9.17) is 0 Å². The predicted octanol–water partition coefficient (Wildman–Crippen LogP) is 4.73. The van der Waals surface area contributed by atoms with E-state index in [9.17, 15) is 17.3 Å². The number of hydrogen-bond acceptors (Lipinski definition) is 2. The van der Waals surface area contributed by atoms with Crippen LogP contribution < -0.4 is 0 Å². The van der Waals surface area contributed by atoms with Crippen LogP contribution in [0.5, 0.6) is 0 Å². The maximum atomic E-state index is 9.75. The minimum absolute atomic E-state index is 1.46. The molecule has 0 saturated heterocycles. The van der Waals surface area contributed by atoms with Crippen LogP contribution in [-0.2, 0) is 0 Å². The number of thioether (sulfide) groups is 1. The quantitative estimate of drug-likeness (QED) is 0.306. The van der Waals surface area contributed by atoms with Crippen LogP contribution in [-0.4, -0.2) is 13.5 Å². The van der Waals surface area contributed by atoms with Crippen LogP contribution in [0.4, 0.5) is 17.3 Å². The molecular formula is C6H9BF4S3. The van der Waals surface area contributed by atoms with Crippen molar-refractivity contribution in [3.8, 4) is 0 Å². The van der Waals surface area contributed by atoms with E-state index in [2.05, 4.69) is 20.1 Å². The highest BCUT2D eigenvalue weighted by Crippen LogP contribution is 2.33. The van der Waals surface area contributed by atoms with Gasteiger partial charge in [-0.25, -0.2) is 0 Å². The summed E-state index contributed by atoms with van der Waals surface area (Å²) in [5, 5.41) is 0. The van der Waals surface area contributed by atoms with E-state index in [1.807, 2.05) is 34.4 Å². The Kier molecular flexibility index (Phi) is 6.00. The Bertz CT molecular complexity index is 258. The van der Waals surface area contributed by atoms with Crippen molar-refractivity contribution in [2.45, 2.75) is 17.4 Å². The molecule has 1 aromatic heterocycles. The third-order valence-electron chi connectivity index (χ3n) is 1.14. The van der Waals surface area contributed by atoms with Crippen molar-refractivity contribution >= 4 is 41.7 Å². The molecule has 0 fully saturated rings. The second-order valence-electron chi connectivity index (χ2n) is 2.27. The molecule has 0 amide bonds. The number of rotatable bonds is 1. The van der Waals surface area contributed by atoms with Gasteiger partial charge in [-0.15, -0.1) is 0 Å². The number of hydrogen-bond donors (Lipinski definition) is 0. The first-order chi connectivity index (χ1) is 6.24. The van der Waals surface area contributed by atoms with Crippen LogP contribution in [0.3, 0.4) is 0 Å². The molecule has 0 nitrogen and oxygen atoms in total. The standard InChI is InChI=1S/C6H9S3.BF4/c1-4-5(2)9-6(7-3)8-4;2-1(3,4)5/h1-3H3;/q+1;-1. The monoisotopic (exact) mass is 264 g/mol. The highest BCUT2D eigenvalue weighted by molar-refractivity contribution is 8.02. The van der Waals surface area contributed by atoms with E-state index in [1.54, 1.807) is 0 Å². The van der Waals surface area contributed by atoms with Gasteiger partial charge in [-0.2, -0.15) is 0 Å². The molecule has 0 radical (unpaired) electrons. The lowest BCUT2D eigenvalue weighted by atomic mass is 10.3. The van der Waals surface area contributed by atoms with Crippen molar-refractivity contribution < 1.29 is 17.3 Å². The molecule has 1 heterocycles. The van der Waals surface area contributed by atoms with Crippen LogP contribution in [0.2, 0.25) is 0 Å². The summed E-state index contributed by atoms with van der Waals surface area (Å²) in [6.07, 6.45) is 2.13. The highest BCUT2D eigenvalue weighted by Gasteiger charge is 2.20. The van der Waals surface area contributed by atoms with E-state index >= 15 is 0 Å². The fraction of sp³-hybridized carbons (Fsp3) is 0.500. The molecule has 0 spiro atoms. The van der Waals surface area contributed by atoms with Gasteiger partial charge in [-0.3, -0.25) is 0 Å². The molecule has 0 atom stereocenters. The minimum Gasteiger partial charge on any atom is -0.418 e. The smallest absolute Gasteiger partial charge is 0.418 e. The van der Waals surface area contributed by atoms with Crippen molar-refractivity contribution in [2.75, 3.05) is 6.26 Å². The Morgan fingerprint density at radius 2 is 1.64 bits per heavy atom. The molecule has 82 valence electrons. The summed E-state index contributed by atoms with van der Waals surface area (Å²) in [6.45, 7) is 4.35. The normalized spacial score (nSPS) is 10.8. The molecule has 8 heteroatoms. The van der Waals surface area contributed by atoms with E-state index in [-0.39, 0.29) is 0 Å². The molecule has 0 N–H and O–H groups in total. The van der Waals surface area contributed by atoms with E-state index in [0.29, 0.717) is 0 Å². The Hall–Kier alpha value is 0.185. The molecule has 0 unspecified atom stereocenters. The molecular weight excluding hydrogens is 255 g/mol. The maximum absolute atomic E-state index is 9.75. The first-order valence-electron chi connectivity index (χ1n) is 3.55. The minimum atomic E-state index is -6.00. The van der Waals surface area contributed by atoms with Crippen LogP contribution in [0.15, 0.2) is 3.52 Å². The molecule has 0 aliphatic rings. The average Bonchev–Trinajstić information content (AvgIpc) is 2.28. The third kappa shape index (κ3) is 7.58. The van der Waals surface area contributed by atoms with Gasteiger partial charge in [-0.05, 0) is 20.1 Å². The van der Waals surface area contributed by atoms with Crippen LogP contribution >= 0.6 is 34.4 Å². The molecule has 1 aromatic rings. The summed E-state index contributed by atoms with van der Waals surface area (Å²) in [4.78, 5) is 2.92. The van der Waals surface area contributed by atoms with E-state index < -0.39 is 7.25 Å². The van der Waals surface area contributed by atoms with Crippen molar-refractivity contribution in [2.24, 2.45) is 0 Å². The van der Waals surface area contributed by atoms with Crippen molar-refractivity contribution in [1.82, 2.24) is 0 Å². The van der Waals surface area contributed by atoms with Crippen LogP contribution in [0.1, 0.15) is 9.75 Å². The van der Waals surface area contributed by atoms with Gasteiger partial charge in [0.25, 0.3) is 0 Å². The summed E-state index contributed by atoms with van der Waals surface area (Å²) < 4.78 is 40.5. The van der Waals surface area contributed by atoms with Gasteiger partial charge < -0.3 is 17.3 Å². The predicted molar refractivity (Wildman–Crippen MR) is 58.0 cm³/mol. The molecule has 0 bridgehead atoms. The molecule has 14 heavy (non-hydrogen) atoms. The SMILES string of the molecule is CSc1sc(C)c(C)[s+]1.F[B-](F)(F)F. The van der Waals surface area contributed by atoms with Gasteiger partial charge in [0, 0.05) is 0 Å². The Morgan fingerprint density at radius 1 is 1.21 bits per heavy atom. The molecule has 0 aliphatic carbocycles. The van der Waals surface area contributed by atoms with Gasteiger partial charge >= 0.3 is 10.8 Å².